The second-order valence-electron chi connectivity index (χ2n) is 14.8. The van der Waals surface area contributed by atoms with Crippen LogP contribution in [0.3, 0.4) is 0 Å². The van der Waals surface area contributed by atoms with E-state index in [-0.39, 0.29) is 29.2 Å². The normalized spacial score (nSPS) is 26.3. The Morgan fingerprint density at radius 1 is 1.13 bits per heavy atom. The molecule has 2 aromatic heterocycles. The van der Waals surface area contributed by atoms with Gasteiger partial charge in [0.2, 0.25) is 5.95 Å². The van der Waals surface area contributed by atoms with E-state index in [1.807, 2.05) is 30.1 Å². The van der Waals surface area contributed by atoms with E-state index in [1.54, 1.807) is 12.1 Å². The highest BCUT2D eigenvalue weighted by atomic mass is 19.1. The van der Waals surface area contributed by atoms with Gasteiger partial charge in [-0.2, -0.15) is 10.1 Å². The van der Waals surface area contributed by atoms with Crippen LogP contribution in [0.15, 0.2) is 36.7 Å². The molecule has 3 aliphatic rings. The predicted octanol–water partition coefficient (Wildman–Crippen LogP) is 6.76. The molecule has 0 spiro atoms. The molecule has 2 aliphatic carbocycles. The van der Waals surface area contributed by atoms with Crippen LogP contribution in [0, 0.1) is 23.6 Å². The van der Waals surface area contributed by atoms with E-state index in [0.717, 1.165) is 99.2 Å². The fourth-order valence-corrected chi connectivity index (χ4v) is 8.30. The summed E-state index contributed by atoms with van der Waals surface area (Å²) in [7, 11) is 1.96. The molecule has 3 N–H and O–H groups in total. The Bertz CT molecular complexity index is 1520. The first kappa shape index (κ1) is 33.4. The summed E-state index contributed by atoms with van der Waals surface area (Å²) in [6.07, 6.45) is 13.2. The van der Waals surface area contributed by atoms with Crippen molar-refractivity contribution in [2.75, 3.05) is 30.3 Å². The molecule has 3 heterocycles. The van der Waals surface area contributed by atoms with Gasteiger partial charge in [-0.05, 0) is 106 Å². The number of benzene rings is 1. The van der Waals surface area contributed by atoms with Crippen molar-refractivity contribution in [1.82, 2.24) is 24.6 Å². The average molecular weight is 646 g/mol. The highest BCUT2D eigenvalue weighted by molar-refractivity contribution is 5.70. The number of carboxylic acid groups (broad SMARTS) is 1. The molecule has 1 aliphatic heterocycles. The number of hydrogen-bond donors (Lipinski definition) is 3. The third kappa shape index (κ3) is 7.79. The Kier molecular flexibility index (Phi) is 10.2. The lowest BCUT2D eigenvalue weighted by molar-refractivity contribution is -0.143. The Balaban J connectivity index is 1.33. The minimum Gasteiger partial charge on any atom is -0.481 e. The Morgan fingerprint density at radius 2 is 1.89 bits per heavy atom. The molecule has 47 heavy (non-hydrogen) atoms. The molecule has 0 unspecified atom stereocenters. The van der Waals surface area contributed by atoms with Gasteiger partial charge in [-0.15, -0.1) is 0 Å². The van der Waals surface area contributed by atoms with Gasteiger partial charge >= 0.3 is 5.97 Å². The van der Waals surface area contributed by atoms with Crippen molar-refractivity contribution < 1.29 is 14.3 Å². The number of aliphatic carboxylic acids is 1. The summed E-state index contributed by atoms with van der Waals surface area (Å²) in [5.41, 5.74) is 4.28. The quantitative estimate of drug-likeness (QED) is 0.210. The van der Waals surface area contributed by atoms with E-state index in [4.69, 9.17) is 9.97 Å². The van der Waals surface area contributed by atoms with Crippen molar-refractivity contribution in [2.24, 2.45) is 24.8 Å². The van der Waals surface area contributed by atoms with Gasteiger partial charge in [0.05, 0.1) is 23.9 Å². The summed E-state index contributed by atoms with van der Waals surface area (Å²) < 4.78 is 15.8. The van der Waals surface area contributed by atoms with E-state index in [2.05, 4.69) is 47.6 Å². The summed E-state index contributed by atoms with van der Waals surface area (Å²) in [6.45, 7) is 9.82. The molecule has 254 valence electrons. The average Bonchev–Trinajstić information content (AvgIpc) is 3.50. The summed E-state index contributed by atoms with van der Waals surface area (Å²) in [5.74, 6) is 1.43. The SMILES string of the molecule is CC[C@@H](Nc1nc2c(c(N[C@@H](CN3CCC[C@H](C)C3)c3cnn(C)c3)n1)C[C@](C)(c1ccc(F)cc1)CC2)C1CCC(C(=O)O)CC1. The number of aromatic nitrogens is 4. The van der Waals surface area contributed by atoms with Crippen LogP contribution < -0.4 is 10.6 Å². The van der Waals surface area contributed by atoms with Gasteiger partial charge < -0.3 is 20.6 Å². The maximum Gasteiger partial charge on any atom is 0.306 e. The highest BCUT2D eigenvalue weighted by Gasteiger charge is 2.36. The first-order valence-electron chi connectivity index (χ1n) is 17.7. The molecule has 10 heteroatoms. The van der Waals surface area contributed by atoms with Crippen LogP contribution in [0.4, 0.5) is 16.2 Å². The molecule has 2 fully saturated rings. The summed E-state index contributed by atoms with van der Waals surface area (Å²) >= 11 is 0. The summed E-state index contributed by atoms with van der Waals surface area (Å²) in [4.78, 5) is 24.5. The number of anilines is 2. The standard InChI is InChI=1S/C37H52FN7O2/c1-5-31(25-8-10-26(11-9-25)35(46)47)41-36-42-32-16-17-37(3,28-12-14-29(38)15-13-28)19-30(32)34(43-36)40-33(27-20-39-44(4)22-27)23-45-18-6-7-24(2)21-45/h12-15,20,22,24-26,31,33H,5-11,16-19,21,23H2,1-4H3,(H,46,47)(H2,40,41,42,43)/t24-,25?,26?,31+,33-,37+/m0/s1. The van der Waals surface area contributed by atoms with Crippen molar-refractivity contribution in [3.05, 3.63) is 64.9 Å². The Hall–Kier alpha value is -3.53. The topological polar surface area (TPSA) is 108 Å². The van der Waals surface area contributed by atoms with Crippen molar-refractivity contribution >= 4 is 17.7 Å². The lowest BCUT2D eigenvalue weighted by Gasteiger charge is -2.38. The largest absolute Gasteiger partial charge is 0.481 e. The minimum atomic E-state index is -0.673. The number of carbonyl (C=O) groups is 1. The number of aryl methyl sites for hydroxylation is 2. The second kappa shape index (κ2) is 14.3. The van der Waals surface area contributed by atoms with Crippen molar-refractivity contribution in [3.8, 4) is 0 Å². The number of rotatable bonds is 11. The molecule has 0 bridgehead atoms. The molecule has 4 atom stereocenters. The van der Waals surface area contributed by atoms with Crippen molar-refractivity contribution in [2.45, 2.75) is 102 Å². The predicted molar refractivity (Wildman–Crippen MR) is 183 cm³/mol. The number of fused-ring (bicyclic) bond motifs is 1. The van der Waals surface area contributed by atoms with Crippen LogP contribution in [-0.4, -0.2) is 61.4 Å². The molecule has 1 saturated heterocycles. The minimum absolute atomic E-state index is 0.00637. The molecule has 9 nitrogen and oxygen atoms in total. The number of nitrogens with one attached hydrogen (secondary N) is 2. The zero-order valence-corrected chi connectivity index (χ0v) is 28.5. The van der Waals surface area contributed by atoms with Crippen LogP contribution >= 0.6 is 0 Å². The molecular formula is C37H52FN7O2. The van der Waals surface area contributed by atoms with Gasteiger partial charge in [0.25, 0.3) is 0 Å². The van der Waals surface area contributed by atoms with Crippen LogP contribution in [0.1, 0.15) is 101 Å². The highest BCUT2D eigenvalue weighted by Crippen LogP contribution is 2.41. The van der Waals surface area contributed by atoms with Crippen LogP contribution in [0.2, 0.25) is 0 Å². The number of piperidine rings is 1. The second-order valence-corrected chi connectivity index (χ2v) is 14.8. The third-order valence-corrected chi connectivity index (χ3v) is 11.2. The third-order valence-electron chi connectivity index (χ3n) is 11.2. The zero-order valence-electron chi connectivity index (χ0n) is 28.5. The van der Waals surface area contributed by atoms with Gasteiger partial charge in [0.15, 0.2) is 0 Å². The van der Waals surface area contributed by atoms with Crippen LogP contribution in [0.25, 0.3) is 0 Å². The number of carboxylic acids is 1. The Labute approximate surface area is 278 Å². The lowest BCUT2D eigenvalue weighted by Crippen LogP contribution is -2.39. The molecule has 6 rings (SSSR count). The molecule has 0 radical (unpaired) electrons. The maximum absolute atomic E-state index is 13.9. The maximum atomic E-state index is 13.9. The van der Waals surface area contributed by atoms with Crippen LogP contribution in [-0.2, 0) is 30.1 Å². The molecule has 1 saturated carbocycles. The fourth-order valence-electron chi connectivity index (χ4n) is 8.30. The molecule has 3 aromatic rings. The van der Waals surface area contributed by atoms with E-state index in [0.29, 0.717) is 17.8 Å². The van der Waals surface area contributed by atoms with Crippen molar-refractivity contribution in [3.63, 3.8) is 0 Å². The molecular weight excluding hydrogens is 593 g/mol. The first-order valence-corrected chi connectivity index (χ1v) is 17.7. The van der Waals surface area contributed by atoms with Gasteiger partial charge in [0.1, 0.15) is 11.6 Å². The number of hydrogen-bond acceptors (Lipinski definition) is 7. The zero-order chi connectivity index (χ0) is 33.1. The number of likely N-dealkylation sites (tertiary alicyclic amines) is 1. The monoisotopic (exact) mass is 645 g/mol. The van der Waals surface area contributed by atoms with Gasteiger partial charge in [-0.1, -0.05) is 32.9 Å². The molecule has 0 amide bonds. The van der Waals surface area contributed by atoms with E-state index in [9.17, 15) is 14.3 Å². The van der Waals surface area contributed by atoms with Crippen molar-refractivity contribution in [1.29, 1.82) is 0 Å². The smallest absolute Gasteiger partial charge is 0.306 e. The molecule has 1 aromatic carbocycles. The van der Waals surface area contributed by atoms with Crippen LogP contribution in [0.5, 0.6) is 0 Å². The lowest BCUT2D eigenvalue weighted by atomic mass is 9.70. The van der Waals surface area contributed by atoms with E-state index in [1.165, 1.54) is 12.8 Å². The number of nitrogens with zero attached hydrogens (tertiary/aromatic N) is 5. The van der Waals surface area contributed by atoms with Gasteiger partial charge in [-0.25, -0.2) is 9.37 Å². The van der Waals surface area contributed by atoms with Gasteiger partial charge in [0, 0.05) is 43.5 Å². The fraction of sp³-hybridized carbons (Fsp3) is 0.622. The van der Waals surface area contributed by atoms with Gasteiger partial charge in [-0.3, -0.25) is 9.48 Å². The summed E-state index contributed by atoms with van der Waals surface area (Å²) in [6, 6.07) is 7.13. The van der Waals surface area contributed by atoms with E-state index >= 15 is 0 Å². The Morgan fingerprint density at radius 3 is 2.55 bits per heavy atom. The first-order chi connectivity index (χ1) is 22.6. The number of halogens is 1. The summed E-state index contributed by atoms with van der Waals surface area (Å²) in [5, 5.41) is 21.7. The van der Waals surface area contributed by atoms with E-state index < -0.39 is 5.97 Å².